The van der Waals surface area contributed by atoms with E-state index in [-0.39, 0.29) is 5.56 Å². The van der Waals surface area contributed by atoms with Gasteiger partial charge in [-0.05, 0) is 6.07 Å². The Hall–Kier alpha value is -1.72. The summed E-state index contributed by atoms with van der Waals surface area (Å²) in [6, 6.07) is 0.815. The SMILES string of the molecule is COC(=O)c1c[nH]c(=O)c(C(F)F)c1. The van der Waals surface area contributed by atoms with Crippen molar-refractivity contribution in [3.05, 3.63) is 33.7 Å². The largest absolute Gasteiger partial charge is 0.465 e. The van der Waals surface area contributed by atoms with Crippen LogP contribution in [0, 0.1) is 0 Å². The lowest BCUT2D eigenvalue weighted by atomic mass is 10.2. The first-order valence-electron chi connectivity index (χ1n) is 3.65. The van der Waals surface area contributed by atoms with Gasteiger partial charge in [0.1, 0.15) is 0 Å². The molecule has 0 atom stereocenters. The quantitative estimate of drug-likeness (QED) is 0.732. The summed E-state index contributed by atoms with van der Waals surface area (Å²) in [4.78, 5) is 23.8. The number of rotatable bonds is 2. The second-order valence-corrected chi connectivity index (χ2v) is 2.47. The van der Waals surface area contributed by atoms with Crippen molar-refractivity contribution < 1.29 is 18.3 Å². The smallest absolute Gasteiger partial charge is 0.339 e. The van der Waals surface area contributed by atoms with Crippen molar-refractivity contribution in [1.29, 1.82) is 0 Å². The van der Waals surface area contributed by atoms with Gasteiger partial charge in [0.2, 0.25) is 0 Å². The molecule has 0 aliphatic heterocycles. The predicted molar refractivity (Wildman–Crippen MR) is 43.4 cm³/mol. The summed E-state index contributed by atoms with van der Waals surface area (Å²) >= 11 is 0. The Bertz CT molecular complexity index is 400. The van der Waals surface area contributed by atoms with Crippen LogP contribution in [0.15, 0.2) is 17.1 Å². The highest BCUT2D eigenvalue weighted by Gasteiger charge is 2.15. The van der Waals surface area contributed by atoms with Crippen LogP contribution < -0.4 is 5.56 Å². The second-order valence-electron chi connectivity index (χ2n) is 2.47. The first kappa shape index (κ1) is 10.4. The number of hydrogen-bond acceptors (Lipinski definition) is 3. The number of ether oxygens (including phenoxy) is 1. The van der Waals surface area contributed by atoms with Gasteiger partial charge in [-0.1, -0.05) is 0 Å². The Labute approximate surface area is 77.5 Å². The summed E-state index contributed by atoms with van der Waals surface area (Å²) in [5.74, 6) is -0.775. The average Bonchev–Trinajstić information content (AvgIpc) is 2.17. The summed E-state index contributed by atoms with van der Waals surface area (Å²) in [5.41, 5.74) is -1.76. The van der Waals surface area contributed by atoms with Crippen LogP contribution in [0.3, 0.4) is 0 Å². The van der Waals surface area contributed by atoms with E-state index in [9.17, 15) is 18.4 Å². The van der Waals surface area contributed by atoms with Crippen LogP contribution in [-0.4, -0.2) is 18.1 Å². The monoisotopic (exact) mass is 203 g/mol. The van der Waals surface area contributed by atoms with Gasteiger partial charge < -0.3 is 9.72 Å². The Morgan fingerprint density at radius 2 is 2.21 bits per heavy atom. The Kier molecular flexibility index (Phi) is 2.95. The molecule has 0 saturated carbocycles. The van der Waals surface area contributed by atoms with Crippen LogP contribution in [-0.2, 0) is 4.74 Å². The van der Waals surface area contributed by atoms with Crippen LogP contribution in [0.1, 0.15) is 22.3 Å². The van der Waals surface area contributed by atoms with Crippen LogP contribution in [0.2, 0.25) is 0 Å². The van der Waals surface area contributed by atoms with Crippen LogP contribution in [0.4, 0.5) is 8.78 Å². The number of pyridine rings is 1. The number of H-pyrrole nitrogens is 1. The van der Waals surface area contributed by atoms with Crippen molar-refractivity contribution in [3.8, 4) is 0 Å². The minimum absolute atomic E-state index is 0.109. The fourth-order valence-electron chi connectivity index (χ4n) is 0.899. The van der Waals surface area contributed by atoms with Gasteiger partial charge in [0, 0.05) is 6.20 Å². The molecule has 0 unspecified atom stereocenters. The number of aromatic nitrogens is 1. The number of methoxy groups -OCH3 is 1. The molecule has 1 rings (SSSR count). The fraction of sp³-hybridized carbons (Fsp3) is 0.250. The van der Waals surface area contributed by atoms with E-state index in [1.165, 1.54) is 0 Å². The molecule has 0 aliphatic rings. The molecule has 0 bridgehead atoms. The zero-order chi connectivity index (χ0) is 10.7. The summed E-state index contributed by atoms with van der Waals surface area (Å²) < 4.78 is 28.7. The molecule has 0 spiro atoms. The summed E-state index contributed by atoms with van der Waals surface area (Å²) in [7, 11) is 1.12. The van der Waals surface area contributed by atoms with E-state index in [0.717, 1.165) is 19.4 Å². The third kappa shape index (κ3) is 1.95. The standard InChI is InChI=1S/C8H7F2NO3/c1-14-8(13)4-2-5(6(9)10)7(12)11-3-4/h2-3,6H,1H3,(H,11,12). The molecule has 14 heavy (non-hydrogen) atoms. The number of carbonyl (C=O) groups is 1. The van der Waals surface area contributed by atoms with Gasteiger partial charge in [-0.25, -0.2) is 13.6 Å². The average molecular weight is 203 g/mol. The van der Waals surface area contributed by atoms with E-state index < -0.39 is 23.5 Å². The first-order chi connectivity index (χ1) is 6.56. The number of halogens is 2. The topological polar surface area (TPSA) is 59.2 Å². The molecule has 1 aromatic heterocycles. The van der Waals surface area contributed by atoms with Gasteiger partial charge in [-0.2, -0.15) is 0 Å². The van der Waals surface area contributed by atoms with E-state index in [4.69, 9.17) is 0 Å². The molecule has 0 aromatic carbocycles. The molecule has 0 radical (unpaired) electrons. The maximum Gasteiger partial charge on any atom is 0.339 e. The van der Waals surface area contributed by atoms with Crippen LogP contribution in [0.5, 0.6) is 0 Å². The van der Waals surface area contributed by atoms with E-state index in [1.807, 2.05) is 4.98 Å². The van der Waals surface area contributed by atoms with Crippen molar-refractivity contribution in [2.75, 3.05) is 7.11 Å². The molecule has 1 heterocycles. The Balaban J connectivity index is 3.19. The molecule has 76 valence electrons. The summed E-state index contributed by atoms with van der Waals surface area (Å²) in [6.07, 6.45) is -1.89. The first-order valence-corrected chi connectivity index (χ1v) is 3.65. The van der Waals surface area contributed by atoms with Gasteiger partial charge in [0.15, 0.2) is 0 Å². The van der Waals surface area contributed by atoms with Crippen molar-refractivity contribution in [2.24, 2.45) is 0 Å². The molecular weight excluding hydrogens is 196 g/mol. The maximum atomic E-state index is 12.2. The lowest BCUT2D eigenvalue weighted by molar-refractivity contribution is 0.0599. The molecule has 0 saturated heterocycles. The number of esters is 1. The van der Waals surface area contributed by atoms with Crippen molar-refractivity contribution in [3.63, 3.8) is 0 Å². The van der Waals surface area contributed by atoms with Crippen LogP contribution >= 0.6 is 0 Å². The molecular formula is C8H7F2NO3. The van der Waals surface area contributed by atoms with Crippen molar-refractivity contribution in [2.45, 2.75) is 6.43 Å². The highest BCUT2D eigenvalue weighted by Crippen LogP contribution is 2.15. The van der Waals surface area contributed by atoms with Gasteiger partial charge >= 0.3 is 5.97 Å². The normalized spacial score (nSPS) is 10.3. The molecule has 1 N–H and O–H groups in total. The Morgan fingerprint density at radius 3 is 2.71 bits per heavy atom. The maximum absolute atomic E-state index is 12.2. The number of hydrogen-bond donors (Lipinski definition) is 1. The molecule has 0 aliphatic carbocycles. The molecule has 0 amide bonds. The van der Waals surface area contributed by atoms with Gasteiger partial charge in [0.25, 0.3) is 12.0 Å². The minimum Gasteiger partial charge on any atom is -0.465 e. The molecule has 0 fully saturated rings. The summed E-state index contributed by atoms with van der Waals surface area (Å²) in [5, 5.41) is 0. The molecule has 1 aromatic rings. The van der Waals surface area contributed by atoms with E-state index in [1.54, 1.807) is 0 Å². The van der Waals surface area contributed by atoms with E-state index >= 15 is 0 Å². The van der Waals surface area contributed by atoms with Crippen molar-refractivity contribution >= 4 is 5.97 Å². The van der Waals surface area contributed by atoms with Gasteiger partial charge in [0.05, 0.1) is 18.2 Å². The third-order valence-electron chi connectivity index (χ3n) is 1.59. The number of aromatic amines is 1. The lowest BCUT2D eigenvalue weighted by Gasteiger charge is -2.01. The van der Waals surface area contributed by atoms with Gasteiger partial charge in [-0.3, -0.25) is 4.79 Å². The zero-order valence-corrected chi connectivity index (χ0v) is 7.21. The third-order valence-corrected chi connectivity index (χ3v) is 1.59. The molecule has 6 heteroatoms. The minimum atomic E-state index is -2.91. The van der Waals surface area contributed by atoms with Crippen molar-refractivity contribution in [1.82, 2.24) is 4.98 Å². The predicted octanol–water partition coefficient (Wildman–Crippen LogP) is 1.10. The second kappa shape index (κ2) is 3.99. The number of alkyl halides is 2. The molecule has 4 nitrogen and oxygen atoms in total. The summed E-state index contributed by atoms with van der Waals surface area (Å²) in [6.45, 7) is 0. The highest BCUT2D eigenvalue weighted by molar-refractivity contribution is 5.89. The fourth-order valence-corrected chi connectivity index (χ4v) is 0.899. The zero-order valence-electron chi connectivity index (χ0n) is 7.21. The van der Waals surface area contributed by atoms with E-state index in [0.29, 0.717) is 0 Å². The lowest BCUT2D eigenvalue weighted by Crippen LogP contribution is -2.15. The Morgan fingerprint density at radius 1 is 1.57 bits per heavy atom. The van der Waals surface area contributed by atoms with E-state index in [2.05, 4.69) is 4.74 Å². The number of nitrogens with one attached hydrogen (secondary N) is 1. The number of carbonyl (C=O) groups excluding carboxylic acids is 1. The van der Waals surface area contributed by atoms with Crippen LogP contribution in [0.25, 0.3) is 0 Å². The van der Waals surface area contributed by atoms with Gasteiger partial charge in [-0.15, -0.1) is 0 Å². The highest BCUT2D eigenvalue weighted by atomic mass is 19.3.